The zero-order valence-electron chi connectivity index (χ0n) is 10.3. The topological polar surface area (TPSA) is 69.4 Å². The lowest BCUT2D eigenvalue weighted by molar-refractivity contribution is 0.148. The number of nitrogens with two attached hydrogens (primary N) is 1. The van der Waals surface area contributed by atoms with Crippen LogP contribution in [-0.4, -0.2) is 27.4 Å². The monoisotopic (exact) mass is 257 g/mol. The number of benzene rings is 1. The number of hydrogen-bond donors (Lipinski definition) is 1. The van der Waals surface area contributed by atoms with E-state index in [4.69, 9.17) is 10.5 Å². The van der Waals surface area contributed by atoms with Crippen LogP contribution in [0.2, 0.25) is 0 Å². The van der Waals surface area contributed by atoms with Crippen LogP contribution in [0.25, 0.3) is 0 Å². The number of ether oxygens (including phenoxy) is 1. The van der Waals surface area contributed by atoms with Crippen LogP contribution in [0.3, 0.4) is 0 Å². The molecule has 2 N–H and O–H groups in total. The van der Waals surface area contributed by atoms with E-state index in [1.807, 2.05) is 6.92 Å². The highest BCUT2D eigenvalue weighted by Crippen LogP contribution is 2.23. The van der Waals surface area contributed by atoms with E-state index in [0.29, 0.717) is 25.3 Å². The highest BCUT2D eigenvalue weighted by Gasteiger charge is 2.17. The first kappa shape index (κ1) is 14.0. The minimum Gasteiger partial charge on any atom is -0.397 e. The molecule has 0 heterocycles. The fourth-order valence-electron chi connectivity index (χ4n) is 1.53. The third-order valence-corrected chi connectivity index (χ3v) is 4.38. The SMILES string of the molecule is CCOCCCS(=O)(=O)c1cccc(C)c1N. The first-order chi connectivity index (χ1) is 7.99. The van der Waals surface area contributed by atoms with Gasteiger partial charge in [0.15, 0.2) is 9.84 Å². The van der Waals surface area contributed by atoms with Gasteiger partial charge in [-0.15, -0.1) is 0 Å². The average molecular weight is 257 g/mol. The van der Waals surface area contributed by atoms with Crippen molar-refractivity contribution in [1.82, 2.24) is 0 Å². The molecule has 0 aliphatic heterocycles. The summed E-state index contributed by atoms with van der Waals surface area (Å²) in [6, 6.07) is 5.06. The van der Waals surface area contributed by atoms with E-state index in [2.05, 4.69) is 0 Å². The maximum atomic E-state index is 12.0. The molecule has 0 spiro atoms. The van der Waals surface area contributed by atoms with Gasteiger partial charge in [0.05, 0.1) is 16.3 Å². The highest BCUT2D eigenvalue weighted by molar-refractivity contribution is 7.91. The first-order valence-electron chi connectivity index (χ1n) is 5.64. The van der Waals surface area contributed by atoms with Crippen LogP contribution < -0.4 is 5.73 Å². The summed E-state index contributed by atoms with van der Waals surface area (Å²) in [4.78, 5) is 0.231. The van der Waals surface area contributed by atoms with Gasteiger partial charge in [0.1, 0.15) is 0 Å². The second kappa shape index (κ2) is 6.02. The number of nitrogen functional groups attached to an aromatic ring is 1. The van der Waals surface area contributed by atoms with E-state index >= 15 is 0 Å². The van der Waals surface area contributed by atoms with Crippen LogP contribution in [0.15, 0.2) is 23.1 Å². The Balaban J connectivity index is 2.79. The Hall–Kier alpha value is -1.07. The predicted molar refractivity (Wildman–Crippen MR) is 68.8 cm³/mol. The molecule has 1 aromatic carbocycles. The predicted octanol–water partition coefficient (Wildman–Crippen LogP) is 1.78. The van der Waals surface area contributed by atoms with Crippen molar-refractivity contribution >= 4 is 15.5 Å². The zero-order valence-corrected chi connectivity index (χ0v) is 11.1. The third kappa shape index (κ3) is 3.71. The summed E-state index contributed by atoms with van der Waals surface area (Å²) in [6.07, 6.45) is 0.490. The van der Waals surface area contributed by atoms with Crippen LogP contribution in [0.1, 0.15) is 18.9 Å². The van der Waals surface area contributed by atoms with E-state index in [9.17, 15) is 8.42 Å². The number of rotatable bonds is 6. The average Bonchev–Trinajstić information content (AvgIpc) is 2.28. The summed E-state index contributed by atoms with van der Waals surface area (Å²) in [5.41, 5.74) is 6.93. The van der Waals surface area contributed by atoms with Crippen molar-refractivity contribution in [2.45, 2.75) is 25.2 Å². The van der Waals surface area contributed by atoms with Crippen molar-refractivity contribution in [3.63, 3.8) is 0 Å². The minimum absolute atomic E-state index is 0.0701. The number of hydrogen-bond acceptors (Lipinski definition) is 4. The summed E-state index contributed by atoms with van der Waals surface area (Å²) >= 11 is 0. The standard InChI is InChI=1S/C12H19NO3S/c1-3-16-8-5-9-17(14,15)11-7-4-6-10(2)12(11)13/h4,6-7H,3,5,8-9,13H2,1-2H3. The van der Waals surface area contributed by atoms with Gasteiger partial charge in [-0.05, 0) is 31.9 Å². The van der Waals surface area contributed by atoms with Crippen molar-refractivity contribution in [3.8, 4) is 0 Å². The number of aryl methyl sites for hydroxylation is 1. The van der Waals surface area contributed by atoms with Crippen LogP contribution >= 0.6 is 0 Å². The van der Waals surface area contributed by atoms with Crippen LogP contribution in [0.4, 0.5) is 5.69 Å². The van der Waals surface area contributed by atoms with E-state index in [0.717, 1.165) is 5.56 Å². The molecule has 0 aromatic heterocycles. The molecule has 17 heavy (non-hydrogen) atoms. The molecule has 5 heteroatoms. The Morgan fingerprint density at radius 1 is 1.35 bits per heavy atom. The quantitative estimate of drug-likeness (QED) is 0.623. The van der Waals surface area contributed by atoms with Gasteiger partial charge in [-0.2, -0.15) is 0 Å². The van der Waals surface area contributed by atoms with Gasteiger partial charge in [-0.3, -0.25) is 0 Å². The number of sulfone groups is 1. The molecule has 0 aliphatic rings. The molecule has 0 amide bonds. The summed E-state index contributed by atoms with van der Waals surface area (Å²) in [7, 11) is -3.30. The zero-order chi connectivity index (χ0) is 12.9. The van der Waals surface area contributed by atoms with Crippen LogP contribution in [-0.2, 0) is 14.6 Å². The molecule has 0 bridgehead atoms. The Morgan fingerprint density at radius 3 is 2.71 bits per heavy atom. The molecule has 1 aromatic rings. The van der Waals surface area contributed by atoms with Gasteiger partial charge < -0.3 is 10.5 Å². The molecule has 4 nitrogen and oxygen atoms in total. The van der Waals surface area contributed by atoms with Crippen molar-refractivity contribution in [3.05, 3.63) is 23.8 Å². The molecule has 0 radical (unpaired) electrons. The van der Waals surface area contributed by atoms with Crippen molar-refractivity contribution in [1.29, 1.82) is 0 Å². The molecule has 0 aliphatic carbocycles. The van der Waals surface area contributed by atoms with Gasteiger partial charge in [-0.25, -0.2) is 8.42 Å². The van der Waals surface area contributed by atoms with Crippen molar-refractivity contribution in [2.75, 3.05) is 24.7 Å². The number of anilines is 1. The summed E-state index contributed by atoms with van der Waals surface area (Å²) in [5.74, 6) is 0.0701. The molecule has 0 atom stereocenters. The molecular formula is C12H19NO3S. The van der Waals surface area contributed by atoms with E-state index < -0.39 is 9.84 Å². The second-order valence-electron chi connectivity index (χ2n) is 3.86. The summed E-state index contributed by atoms with van der Waals surface area (Å²) in [6.45, 7) is 4.75. The maximum absolute atomic E-state index is 12.0. The summed E-state index contributed by atoms with van der Waals surface area (Å²) < 4.78 is 29.2. The van der Waals surface area contributed by atoms with E-state index in [1.165, 1.54) is 0 Å². The largest absolute Gasteiger partial charge is 0.397 e. The molecule has 0 saturated carbocycles. The van der Waals surface area contributed by atoms with Gasteiger partial charge in [0, 0.05) is 13.2 Å². The first-order valence-corrected chi connectivity index (χ1v) is 7.30. The molecular weight excluding hydrogens is 238 g/mol. The fraction of sp³-hybridized carbons (Fsp3) is 0.500. The van der Waals surface area contributed by atoms with E-state index in [1.54, 1.807) is 25.1 Å². The third-order valence-electron chi connectivity index (χ3n) is 2.53. The van der Waals surface area contributed by atoms with Crippen LogP contribution in [0, 0.1) is 6.92 Å². The molecule has 96 valence electrons. The van der Waals surface area contributed by atoms with Gasteiger partial charge in [0.2, 0.25) is 0 Å². The van der Waals surface area contributed by atoms with Gasteiger partial charge >= 0.3 is 0 Å². The molecule has 0 unspecified atom stereocenters. The molecule has 0 saturated heterocycles. The van der Waals surface area contributed by atoms with E-state index in [-0.39, 0.29) is 10.6 Å². The highest BCUT2D eigenvalue weighted by atomic mass is 32.2. The Labute approximate surface area is 103 Å². The Morgan fingerprint density at radius 2 is 2.06 bits per heavy atom. The lowest BCUT2D eigenvalue weighted by atomic mass is 10.2. The Kier molecular flexibility index (Phi) is 4.96. The minimum atomic E-state index is -3.30. The summed E-state index contributed by atoms with van der Waals surface area (Å²) in [5, 5.41) is 0. The lowest BCUT2D eigenvalue weighted by Crippen LogP contribution is -2.12. The van der Waals surface area contributed by atoms with Gasteiger partial charge in [-0.1, -0.05) is 12.1 Å². The second-order valence-corrected chi connectivity index (χ2v) is 5.93. The normalized spacial score (nSPS) is 11.6. The smallest absolute Gasteiger partial charge is 0.180 e. The van der Waals surface area contributed by atoms with Gasteiger partial charge in [0.25, 0.3) is 0 Å². The molecule has 0 fully saturated rings. The van der Waals surface area contributed by atoms with Crippen molar-refractivity contribution < 1.29 is 13.2 Å². The maximum Gasteiger partial charge on any atom is 0.180 e. The number of para-hydroxylation sites is 1. The van der Waals surface area contributed by atoms with Crippen molar-refractivity contribution in [2.24, 2.45) is 0 Å². The molecule has 1 rings (SSSR count). The lowest BCUT2D eigenvalue weighted by Gasteiger charge is -2.09. The Bertz CT molecular complexity index is 469. The van der Waals surface area contributed by atoms with Crippen LogP contribution in [0.5, 0.6) is 0 Å². The fourth-order valence-corrected chi connectivity index (χ4v) is 3.03.